The number of hydrogen-bond donors (Lipinski definition) is 1. The molecule has 0 atom stereocenters. The lowest BCUT2D eigenvalue weighted by atomic mass is 10.2. The minimum atomic E-state index is 0.0809. The Bertz CT molecular complexity index is 490. The molecule has 4 heteroatoms. The third-order valence-corrected chi connectivity index (χ3v) is 3.75. The molecule has 1 aromatic rings. The van der Waals surface area contributed by atoms with Crippen molar-refractivity contribution in [1.82, 2.24) is 15.1 Å². The van der Waals surface area contributed by atoms with Crippen LogP contribution in [0.15, 0.2) is 49.1 Å². The summed E-state index contributed by atoms with van der Waals surface area (Å²) in [6.45, 7) is 9.50. The molecule has 0 spiro atoms. The smallest absolute Gasteiger partial charge is 0.234 e. The van der Waals surface area contributed by atoms with Gasteiger partial charge in [-0.25, -0.2) is 0 Å². The summed E-state index contributed by atoms with van der Waals surface area (Å²) in [5.41, 5.74) is 1.24. The molecule has 1 aromatic carbocycles. The minimum absolute atomic E-state index is 0.0809. The first-order chi connectivity index (χ1) is 10.8. The lowest BCUT2D eigenvalue weighted by molar-refractivity contribution is -0.122. The van der Waals surface area contributed by atoms with E-state index in [4.69, 9.17) is 0 Å². The van der Waals surface area contributed by atoms with Crippen molar-refractivity contribution in [3.63, 3.8) is 0 Å². The molecule has 2 rings (SSSR count). The number of carbonyl (C=O) groups excluding carboxylic acids is 1. The highest BCUT2D eigenvalue weighted by Crippen LogP contribution is 2.04. The van der Waals surface area contributed by atoms with Crippen LogP contribution in [0.2, 0.25) is 0 Å². The molecule has 0 radical (unpaired) electrons. The van der Waals surface area contributed by atoms with E-state index in [0.717, 1.165) is 32.7 Å². The van der Waals surface area contributed by atoms with Crippen LogP contribution in [0, 0.1) is 0 Å². The van der Waals surface area contributed by atoms with Crippen LogP contribution >= 0.6 is 0 Å². The van der Waals surface area contributed by atoms with Gasteiger partial charge in [0.05, 0.1) is 6.54 Å². The van der Waals surface area contributed by atoms with Crippen molar-refractivity contribution in [3.05, 3.63) is 54.6 Å². The number of amides is 1. The van der Waals surface area contributed by atoms with Crippen LogP contribution in [0.1, 0.15) is 5.56 Å². The summed E-state index contributed by atoms with van der Waals surface area (Å²) in [5.74, 6) is 0.0809. The van der Waals surface area contributed by atoms with Crippen LogP contribution in [0.25, 0.3) is 6.08 Å². The SMILES string of the molecule is C=CCNC(=O)CN1CCN(C/C=C/c2ccccc2)CC1. The maximum Gasteiger partial charge on any atom is 0.234 e. The number of carbonyl (C=O) groups is 1. The van der Waals surface area contributed by atoms with Gasteiger partial charge in [0.1, 0.15) is 0 Å². The van der Waals surface area contributed by atoms with Crippen LogP contribution in [0.4, 0.5) is 0 Å². The number of nitrogens with one attached hydrogen (secondary N) is 1. The van der Waals surface area contributed by atoms with Gasteiger partial charge in [-0.15, -0.1) is 6.58 Å². The fraction of sp³-hybridized carbons (Fsp3) is 0.389. The van der Waals surface area contributed by atoms with E-state index in [0.29, 0.717) is 13.1 Å². The van der Waals surface area contributed by atoms with Crippen molar-refractivity contribution in [3.8, 4) is 0 Å². The molecule has 1 heterocycles. The topological polar surface area (TPSA) is 35.6 Å². The van der Waals surface area contributed by atoms with E-state index in [9.17, 15) is 4.79 Å². The summed E-state index contributed by atoms with van der Waals surface area (Å²) in [5, 5.41) is 2.82. The first-order valence-corrected chi connectivity index (χ1v) is 7.82. The number of benzene rings is 1. The molecular weight excluding hydrogens is 274 g/mol. The Labute approximate surface area is 133 Å². The Balaban J connectivity index is 1.66. The maximum absolute atomic E-state index is 11.7. The largest absolute Gasteiger partial charge is 0.352 e. The van der Waals surface area contributed by atoms with Gasteiger partial charge < -0.3 is 5.32 Å². The molecule has 0 unspecified atom stereocenters. The van der Waals surface area contributed by atoms with Crippen molar-refractivity contribution >= 4 is 12.0 Å². The zero-order valence-electron chi connectivity index (χ0n) is 13.1. The molecule has 0 saturated carbocycles. The van der Waals surface area contributed by atoms with Crippen LogP contribution in [0.5, 0.6) is 0 Å². The summed E-state index contributed by atoms with van der Waals surface area (Å²) in [4.78, 5) is 16.3. The highest BCUT2D eigenvalue weighted by molar-refractivity contribution is 5.78. The third kappa shape index (κ3) is 5.84. The monoisotopic (exact) mass is 299 g/mol. The predicted octanol–water partition coefficient (Wildman–Crippen LogP) is 1.62. The Kier molecular flexibility index (Phi) is 6.87. The molecule has 0 aromatic heterocycles. The van der Waals surface area contributed by atoms with Gasteiger partial charge >= 0.3 is 0 Å². The van der Waals surface area contributed by atoms with Gasteiger partial charge in [-0.1, -0.05) is 48.6 Å². The van der Waals surface area contributed by atoms with Gasteiger partial charge in [0.2, 0.25) is 5.91 Å². The average Bonchev–Trinajstić information content (AvgIpc) is 2.55. The van der Waals surface area contributed by atoms with E-state index in [2.05, 4.69) is 58.1 Å². The number of nitrogens with zero attached hydrogens (tertiary/aromatic N) is 2. The van der Waals surface area contributed by atoms with Crippen molar-refractivity contribution in [2.24, 2.45) is 0 Å². The van der Waals surface area contributed by atoms with Crippen molar-refractivity contribution < 1.29 is 4.79 Å². The molecule has 1 aliphatic heterocycles. The van der Waals surface area contributed by atoms with Crippen molar-refractivity contribution in [2.45, 2.75) is 0 Å². The van der Waals surface area contributed by atoms with Crippen LogP contribution in [-0.2, 0) is 4.79 Å². The molecule has 1 fully saturated rings. The summed E-state index contributed by atoms with van der Waals surface area (Å²) in [7, 11) is 0. The van der Waals surface area contributed by atoms with Gasteiger partial charge in [0, 0.05) is 39.3 Å². The summed E-state index contributed by atoms with van der Waals surface area (Å²) >= 11 is 0. The third-order valence-electron chi connectivity index (χ3n) is 3.75. The van der Waals surface area contributed by atoms with Crippen LogP contribution in [0.3, 0.4) is 0 Å². The fourth-order valence-electron chi connectivity index (χ4n) is 2.48. The minimum Gasteiger partial charge on any atom is -0.352 e. The van der Waals surface area contributed by atoms with E-state index in [1.54, 1.807) is 6.08 Å². The van der Waals surface area contributed by atoms with Crippen molar-refractivity contribution in [2.75, 3.05) is 45.8 Å². The zero-order valence-corrected chi connectivity index (χ0v) is 13.1. The van der Waals surface area contributed by atoms with Gasteiger partial charge in [-0.2, -0.15) is 0 Å². The quantitative estimate of drug-likeness (QED) is 0.777. The van der Waals surface area contributed by atoms with Gasteiger partial charge in [0.25, 0.3) is 0 Å². The lowest BCUT2D eigenvalue weighted by Gasteiger charge is -2.33. The highest BCUT2D eigenvalue weighted by Gasteiger charge is 2.17. The summed E-state index contributed by atoms with van der Waals surface area (Å²) < 4.78 is 0. The van der Waals surface area contributed by atoms with Crippen LogP contribution in [-0.4, -0.2) is 61.5 Å². The number of rotatable bonds is 7. The van der Waals surface area contributed by atoms with Gasteiger partial charge in [0.15, 0.2) is 0 Å². The molecule has 1 saturated heterocycles. The standard InChI is InChI=1S/C18H25N3O/c1-2-10-19-18(22)16-21-14-12-20(13-15-21)11-6-9-17-7-4-3-5-8-17/h2-9H,1,10-16H2,(H,19,22)/b9-6+. The Morgan fingerprint density at radius 2 is 1.82 bits per heavy atom. The lowest BCUT2D eigenvalue weighted by Crippen LogP contribution is -2.49. The normalized spacial score (nSPS) is 16.7. The van der Waals surface area contributed by atoms with E-state index in [1.807, 2.05) is 6.07 Å². The first kappa shape index (κ1) is 16.5. The molecule has 22 heavy (non-hydrogen) atoms. The maximum atomic E-state index is 11.7. The van der Waals surface area contributed by atoms with Crippen LogP contribution < -0.4 is 5.32 Å². The molecular formula is C18H25N3O. The zero-order chi connectivity index (χ0) is 15.6. The number of hydrogen-bond acceptors (Lipinski definition) is 3. The van der Waals surface area contributed by atoms with E-state index in [-0.39, 0.29) is 5.91 Å². The molecule has 4 nitrogen and oxygen atoms in total. The Morgan fingerprint density at radius 3 is 2.50 bits per heavy atom. The molecule has 1 amide bonds. The Hall–Kier alpha value is -1.91. The molecule has 118 valence electrons. The average molecular weight is 299 g/mol. The van der Waals surface area contributed by atoms with Gasteiger partial charge in [-0.05, 0) is 5.56 Å². The second-order valence-corrected chi connectivity index (χ2v) is 5.48. The first-order valence-electron chi connectivity index (χ1n) is 7.82. The molecule has 0 bridgehead atoms. The van der Waals surface area contributed by atoms with E-state index >= 15 is 0 Å². The predicted molar refractivity (Wildman–Crippen MR) is 91.6 cm³/mol. The van der Waals surface area contributed by atoms with Crippen molar-refractivity contribution in [1.29, 1.82) is 0 Å². The molecule has 1 N–H and O–H groups in total. The second-order valence-electron chi connectivity index (χ2n) is 5.48. The Morgan fingerprint density at radius 1 is 1.14 bits per heavy atom. The number of piperazine rings is 1. The summed E-state index contributed by atoms with van der Waals surface area (Å²) in [6, 6.07) is 10.3. The van der Waals surface area contributed by atoms with E-state index < -0.39 is 0 Å². The fourth-order valence-corrected chi connectivity index (χ4v) is 2.48. The van der Waals surface area contributed by atoms with Gasteiger partial charge in [-0.3, -0.25) is 14.6 Å². The molecule has 0 aliphatic carbocycles. The van der Waals surface area contributed by atoms with E-state index in [1.165, 1.54) is 5.56 Å². The molecule has 1 aliphatic rings. The second kappa shape index (κ2) is 9.18. The highest BCUT2D eigenvalue weighted by atomic mass is 16.2. The summed E-state index contributed by atoms with van der Waals surface area (Å²) in [6.07, 6.45) is 6.08.